The lowest BCUT2D eigenvalue weighted by Crippen LogP contribution is -2.36. The Hall–Kier alpha value is -2.06. The molecule has 3 N–H and O–H groups in total. The van der Waals surface area contributed by atoms with Gasteiger partial charge in [0.15, 0.2) is 0 Å². The number of carbonyl (C=O) groups is 1. The largest absolute Gasteiger partial charge is 0.465 e. The number of benzene rings is 1. The van der Waals surface area contributed by atoms with Crippen LogP contribution in [0.3, 0.4) is 0 Å². The second-order valence-corrected chi connectivity index (χ2v) is 3.67. The molecule has 0 saturated heterocycles. The van der Waals surface area contributed by atoms with E-state index in [2.05, 4.69) is 5.32 Å². The van der Waals surface area contributed by atoms with Crippen LogP contribution in [-0.4, -0.2) is 29.0 Å². The maximum atomic E-state index is 10.5. The Morgan fingerprint density at radius 1 is 1.41 bits per heavy atom. The number of amides is 1. The third-order valence-corrected chi connectivity index (χ3v) is 2.37. The van der Waals surface area contributed by atoms with Crippen LogP contribution in [0.15, 0.2) is 24.3 Å². The summed E-state index contributed by atoms with van der Waals surface area (Å²) in [7, 11) is 0. The predicted octanol–water partition coefficient (Wildman–Crippen LogP) is 1.12. The topological polar surface area (TPSA) is 93.4 Å². The first-order valence-electron chi connectivity index (χ1n) is 5.25. The predicted molar refractivity (Wildman–Crippen MR) is 61.5 cm³/mol. The van der Waals surface area contributed by atoms with Crippen molar-refractivity contribution in [2.24, 2.45) is 0 Å². The summed E-state index contributed by atoms with van der Waals surface area (Å²) in [5.74, 6) is 0. The third kappa shape index (κ3) is 4.53. The molecule has 90 valence electrons. The molecule has 0 radical (unpaired) electrons. The minimum Gasteiger partial charge on any atom is -0.465 e. The van der Waals surface area contributed by atoms with Crippen LogP contribution in [0.25, 0.3) is 0 Å². The van der Waals surface area contributed by atoms with E-state index < -0.39 is 6.09 Å². The molecule has 0 aliphatic rings. The highest BCUT2D eigenvalue weighted by Gasteiger charge is 2.11. The highest BCUT2D eigenvalue weighted by atomic mass is 16.4. The van der Waals surface area contributed by atoms with E-state index >= 15 is 0 Å². The molecule has 1 rings (SSSR count). The summed E-state index contributed by atoms with van der Waals surface area (Å²) in [4.78, 5) is 10.5. The number of rotatable bonds is 5. The first-order valence-corrected chi connectivity index (χ1v) is 5.25. The molecule has 0 bridgehead atoms. The van der Waals surface area contributed by atoms with Gasteiger partial charge < -0.3 is 15.5 Å². The molecule has 5 heteroatoms. The molecular weight excluding hydrogens is 220 g/mol. The Bertz CT molecular complexity index is 409. The van der Waals surface area contributed by atoms with Crippen molar-refractivity contribution in [3.8, 4) is 6.07 Å². The molecule has 1 amide bonds. The van der Waals surface area contributed by atoms with Gasteiger partial charge in [-0.15, -0.1) is 0 Å². The fraction of sp³-hybridized carbons (Fsp3) is 0.333. The molecule has 0 aliphatic heterocycles. The van der Waals surface area contributed by atoms with E-state index in [4.69, 9.17) is 15.5 Å². The zero-order valence-electron chi connectivity index (χ0n) is 9.26. The van der Waals surface area contributed by atoms with Gasteiger partial charge in [0.1, 0.15) is 0 Å². The van der Waals surface area contributed by atoms with Gasteiger partial charge in [-0.3, -0.25) is 0 Å². The van der Waals surface area contributed by atoms with Gasteiger partial charge in [0.2, 0.25) is 0 Å². The van der Waals surface area contributed by atoms with E-state index in [0.717, 1.165) is 5.56 Å². The number of nitrogens with zero attached hydrogens (tertiary/aromatic N) is 1. The molecule has 0 spiro atoms. The van der Waals surface area contributed by atoms with E-state index in [-0.39, 0.29) is 12.6 Å². The van der Waals surface area contributed by atoms with Crippen molar-refractivity contribution in [1.29, 1.82) is 5.26 Å². The zero-order chi connectivity index (χ0) is 12.7. The maximum absolute atomic E-state index is 10.5. The summed E-state index contributed by atoms with van der Waals surface area (Å²) in [6.45, 7) is -0.0682. The normalized spacial score (nSPS) is 11.5. The molecule has 1 aromatic carbocycles. The molecular formula is C12H14N2O3. The van der Waals surface area contributed by atoms with Gasteiger partial charge in [-0.1, -0.05) is 12.1 Å². The van der Waals surface area contributed by atoms with Crippen LogP contribution in [0, 0.1) is 11.3 Å². The van der Waals surface area contributed by atoms with Crippen LogP contribution < -0.4 is 5.32 Å². The van der Waals surface area contributed by atoms with Crippen LogP contribution >= 0.6 is 0 Å². The molecule has 5 nitrogen and oxygen atoms in total. The fourth-order valence-electron chi connectivity index (χ4n) is 1.56. The van der Waals surface area contributed by atoms with E-state index in [1.165, 1.54) is 0 Å². The summed E-state index contributed by atoms with van der Waals surface area (Å²) < 4.78 is 0. The Balaban J connectivity index is 2.65. The highest BCUT2D eigenvalue weighted by Crippen LogP contribution is 2.08. The van der Waals surface area contributed by atoms with Crippen molar-refractivity contribution in [3.05, 3.63) is 35.4 Å². The quantitative estimate of drug-likeness (QED) is 0.711. The molecule has 0 aliphatic carbocycles. The van der Waals surface area contributed by atoms with Gasteiger partial charge in [-0.2, -0.15) is 5.26 Å². The summed E-state index contributed by atoms with van der Waals surface area (Å²) in [5.41, 5.74) is 1.50. The Labute approximate surface area is 99.3 Å². The molecule has 0 saturated carbocycles. The number of nitrogens with one attached hydrogen (secondary N) is 1. The summed E-state index contributed by atoms with van der Waals surface area (Å²) in [6, 6.07) is 8.64. The number of nitriles is 1. The lowest BCUT2D eigenvalue weighted by Gasteiger charge is -2.15. The van der Waals surface area contributed by atoms with E-state index in [1.54, 1.807) is 24.3 Å². The molecule has 1 atom stereocenters. The van der Waals surface area contributed by atoms with Gasteiger partial charge in [0.05, 0.1) is 11.6 Å². The summed E-state index contributed by atoms with van der Waals surface area (Å²) in [5, 5.41) is 28.5. The second-order valence-electron chi connectivity index (χ2n) is 3.67. The van der Waals surface area contributed by atoms with Crippen LogP contribution in [0.1, 0.15) is 17.5 Å². The van der Waals surface area contributed by atoms with Gasteiger partial charge >= 0.3 is 6.09 Å². The molecule has 17 heavy (non-hydrogen) atoms. The Morgan fingerprint density at radius 2 is 2.06 bits per heavy atom. The highest BCUT2D eigenvalue weighted by molar-refractivity contribution is 5.64. The van der Waals surface area contributed by atoms with Gasteiger partial charge in [0, 0.05) is 12.6 Å². The molecule has 0 heterocycles. The Kier molecular flexibility index (Phi) is 4.98. The summed E-state index contributed by atoms with van der Waals surface area (Å²) in [6.07, 6.45) is -0.234. The van der Waals surface area contributed by atoms with E-state index in [1.807, 2.05) is 6.07 Å². The van der Waals surface area contributed by atoms with E-state index in [0.29, 0.717) is 18.4 Å². The van der Waals surface area contributed by atoms with Crippen LogP contribution in [0.2, 0.25) is 0 Å². The first kappa shape index (κ1) is 13.0. The number of carboxylic acid groups (broad SMARTS) is 1. The van der Waals surface area contributed by atoms with Crippen LogP contribution in [0.4, 0.5) is 4.79 Å². The van der Waals surface area contributed by atoms with Gasteiger partial charge in [0.25, 0.3) is 0 Å². The average molecular weight is 234 g/mol. The lowest BCUT2D eigenvalue weighted by molar-refractivity contribution is 0.185. The lowest BCUT2D eigenvalue weighted by atomic mass is 10.0. The van der Waals surface area contributed by atoms with Crippen LogP contribution in [-0.2, 0) is 6.42 Å². The number of aliphatic hydroxyl groups excluding tert-OH is 1. The van der Waals surface area contributed by atoms with Crippen molar-refractivity contribution in [3.63, 3.8) is 0 Å². The Morgan fingerprint density at radius 3 is 2.53 bits per heavy atom. The minimum atomic E-state index is -1.10. The molecule has 0 aromatic heterocycles. The van der Waals surface area contributed by atoms with Crippen molar-refractivity contribution >= 4 is 6.09 Å². The van der Waals surface area contributed by atoms with Crippen molar-refractivity contribution in [2.75, 3.05) is 6.61 Å². The SMILES string of the molecule is N#Cc1ccc(C[C@H](CCO)NC(=O)O)cc1. The molecule has 1 aromatic rings. The second kappa shape index (κ2) is 6.51. The zero-order valence-corrected chi connectivity index (χ0v) is 9.26. The maximum Gasteiger partial charge on any atom is 0.404 e. The third-order valence-electron chi connectivity index (χ3n) is 2.37. The smallest absolute Gasteiger partial charge is 0.404 e. The first-order chi connectivity index (χ1) is 8.15. The standard InChI is InChI=1S/C12H14N2O3/c13-8-10-3-1-9(2-4-10)7-11(5-6-15)14-12(16)17/h1-4,11,14-15H,5-7H2,(H,16,17)/t11-/m0/s1. The monoisotopic (exact) mass is 234 g/mol. The van der Waals surface area contributed by atoms with Crippen molar-refractivity contribution in [2.45, 2.75) is 18.9 Å². The summed E-state index contributed by atoms with van der Waals surface area (Å²) >= 11 is 0. The number of aliphatic hydroxyl groups is 1. The minimum absolute atomic E-state index is 0.0682. The average Bonchev–Trinajstić information content (AvgIpc) is 2.29. The van der Waals surface area contributed by atoms with Crippen LogP contribution in [0.5, 0.6) is 0 Å². The van der Waals surface area contributed by atoms with E-state index in [9.17, 15) is 4.79 Å². The fourth-order valence-corrected chi connectivity index (χ4v) is 1.56. The number of hydrogen-bond donors (Lipinski definition) is 3. The van der Waals surface area contributed by atoms with Crippen molar-refractivity contribution in [1.82, 2.24) is 5.32 Å². The van der Waals surface area contributed by atoms with Gasteiger partial charge in [-0.05, 0) is 30.5 Å². The van der Waals surface area contributed by atoms with Crippen molar-refractivity contribution < 1.29 is 15.0 Å². The molecule has 0 unspecified atom stereocenters. The number of hydrogen-bond acceptors (Lipinski definition) is 3. The van der Waals surface area contributed by atoms with Gasteiger partial charge in [-0.25, -0.2) is 4.79 Å². The molecule has 0 fully saturated rings.